The van der Waals surface area contributed by atoms with Crippen molar-refractivity contribution in [3.63, 3.8) is 0 Å². The number of pyridine rings is 2. The summed E-state index contributed by atoms with van der Waals surface area (Å²) in [6.45, 7) is 25.9. The van der Waals surface area contributed by atoms with Crippen LogP contribution in [0.1, 0.15) is 72.9 Å². The number of hydrogen-bond donors (Lipinski definition) is 0. The van der Waals surface area contributed by atoms with Crippen molar-refractivity contribution in [2.24, 2.45) is 0 Å². The molecule has 4 aromatic heterocycles. The van der Waals surface area contributed by atoms with Crippen molar-refractivity contribution in [3.8, 4) is 34.0 Å². The number of ether oxygens (including phenoxy) is 8. The number of morpholine rings is 4. The Hall–Kier alpha value is -6.02. The topological polar surface area (TPSA) is 164 Å². The zero-order valence-corrected chi connectivity index (χ0v) is 46.1. The van der Waals surface area contributed by atoms with Gasteiger partial charge in [0, 0.05) is 49.3 Å². The number of nitrogens with zero attached hydrogens (tertiary/aromatic N) is 10. The van der Waals surface area contributed by atoms with E-state index in [1.54, 1.807) is 14.2 Å². The molecular weight excluding hydrogens is 965 g/mol. The van der Waals surface area contributed by atoms with Gasteiger partial charge in [0.15, 0.2) is 11.3 Å². The molecule has 6 aromatic rings. The van der Waals surface area contributed by atoms with Crippen LogP contribution >= 0.6 is 0 Å². The maximum Gasteiger partial charge on any atom is 0.229 e. The normalized spacial score (nSPS) is 20.9. The van der Waals surface area contributed by atoms with E-state index >= 15 is 0 Å². The van der Waals surface area contributed by atoms with Gasteiger partial charge in [0.2, 0.25) is 11.9 Å². The van der Waals surface area contributed by atoms with Gasteiger partial charge in [0.25, 0.3) is 0 Å². The first kappa shape index (κ1) is 53.4. The lowest BCUT2D eigenvalue weighted by Gasteiger charge is -2.37. The predicted molar refractivity (Wildman–Crippen MR) is 296 cm³/mol. The predicted octanol–water partition coefficient (Wildman–Crippen LogP) is 8.34. The smallest absolute Gasteiger partial charge is 0.229 e. The van der Waals surface area contributed by atoms with Gasteiger partial charge in [-0.2, -0.15) is 19.9 Å². The fourth-order valence-electron chi connectivity index (χ4n) is 10.7. The molecule has 0 spiro atoms. The van der Waals surface area contributed by atoms with Crippen molar-refractivity contribution >= 4 is 45.6 Å². The molecule has 4 aliphatic rings. The van der Waals surface area contributed by atoms with Crippen molar-refractivity contribution in [1.82, 2.24) is 29.9 Å². The van der Waals surface area contributed by atoms with Crippen molar-refractivity contribution < 1.29 is 37.9 Å². The monoisotopic (exact) mass is 1040 g/mol. The molecule has 8 heterocycles. The zero-order valence-electron chi connectivity index (χ0n) is 46.1. The molecule has 10 rings (SSSR count). The maximum atomic E-state index is 6.69. The van der Waals surface area contributed by atoms with E-state index in [9.17, 15) is 0 Å². The third-order valence-corrected chi connectivity index (χ3v) is 15.2. The highest BCUT2D eigenvalue weighted by Gasteiger charge is 2.31. The molecule has 0 amide bonds. The van der Waals surface area contributed by atoms with Crippen LogP contribution in [0.25, 0.3) is 44.6 Å². The Labute approximate surface area is 447 Å². The molecule has 4 saturated heterocycles. The van der Waals surface area contributed by atoms with Crippen LogP contribution in [-0.4, -0.2) is 165 Å². The second kappa shape index (κ2) is 22.9. The molecule has 0 saturated carbocycles. The Morgan fingerprint density at radius 2 is 0.934 bits per heavy atom. The number of hydrogen-bond acceptors (Lipinski definition) is 18. The molecule has 2 aromatic carbocycles. The first-order chi connectivity index (χ1) is 36.7. The van der Waals surface area contributed by atoms with E-state index in [1.807, 2.05) is 18.2 Å². The fourth-order valence-corrected chi connectivity index (χ4v) is 10.7. The first-order valence-electron chi connectivity index (χ1n) is 27.0. The number of fused-ring (bicyclic) bond motifs is 2. The summed E-state index contributed by atoms with van der Waals surface area (Å²) >= 11 is 0. The Morgan fingerprint density at radius 3 is 1.38 bits per heavy atom. The molecule has 0 aliphatic carbocycles. The van der Waals surface area contributed by atoms with E-state index in [1.165, 1.54) is 0 Å². The molecule has 76 heavy (non-hydrogen) atoms. The van der Waals surface area contributed by atoms with Gasteiger partial charge in [-0.05, 0) is 128 Å². The molecule has 0 radical (unpaired) electrons. The highest BCUT2D eigenvalue weighted by Crippen LogP contribution is 2.36. The second-order valence-corrected chi connectivity index (χ2v) is 21.9. The maximum absolute atomic E-state index is 6.69. The largest absolute Gasteiger partial charge is 0.496 e. The molecule has 406 valence electrons. The fraction of sp³-hybridized carbons (Fsp3) is 0.552. The lowest BCUT2D eigenvalue weighted by molar-refractivity contribution is -0.0779. The minimum atomic E-state index is -0.530. The van der Waals surface area contributed by atoms with Crippen LogP contribution in [0.5, 0.6) is 11.5 Å². The van der Waals surface area contributed by atoms with Crippen LogP contribution in [0, 0.1) is 0 Å². The van der Waals surface area contributed by atoms with Crippen LogP contribution in [0.3, 0.4) is 0 Å². The van der Waals surface area contributed by atoms with E-state index in [-0.39, 0.29) is 24.2 Å². The standard InChI is InChI=1S/C58H76N10O8/c1-37-32-71-25-20-65(37)53-45-13-15-47(59-51(45)61-55(63-53)67-22-27-73-34-39(67)3)41-11-17-49(69-9)43(29-41)31-58(7,8)75-24-19-57(5,6)76-36-44-30-42(12-18-50(44)70-10)48-16-14-46-52(60-48)62-56(68-23-28-74-35-40(68)4)64-54(46)66-21-26-72-33-38(66)2/h11-18,29-30,37-40H,19-28,31-36H2,1-10H3/t37-,38-,39-,40-/m1/s1. The molecule has 0 unspecified atom stereocenters. The van der Waals surface area contributed by atoms with Gasteiger partial charge >= 0.3 is 0 Å². The Balaban J connectivity index is 0.823. The summed E-state index contributed by atoms with van der Waals surface area (Å²) < 4.78 is 48.3. The number of benzene rings is 2. The molecule has 4 fully saturated rings. The van der Waals surface area contributed by atoms with Gasteiger partial charge in [0.05, 0.1) is 138 Å². The number of methoxy groups -OCH3 is 2. The van der Waals surface area contributed by atoms with Crippen LogP contribution < -0.4 is 29.1 Å². The lowest BCUT2D eigenvalue weighted by Crippen LogP contribution is -2.46. The highest BCUT2D eigenvalue weighted by atomic mass is 16.5. The summed E-state index contributed by atoms with van der Waals surface area (Å²) in [6, 6.07) is 21.3. The summed E-state index contributed by atoms with van der Waals surface area (Å²) in [5, 5.41) is 1.83. The quantitative estimate of drug-likeness (QED) is 0.0855. The highest BCUT2D eigenvalue weighted by molar-refractivity contribution is 5.91. The average molecular weight is 1040 g/mol. The second-order valence-electron chi connectivity index (χ2n) is 21.9. The van der Waals surface area contributed by atoms with Gasteiger partial charge < -0.3 is 57.5 Å². The van der Waals surface area contributed by atoms with Crippen molar-refractivity contribution in [2.45, 2.75) is 110 Å². The molecule has 18 nitrogen and oxygen atoms in total. The van der Waals surface area contributed by atoms with Gasteiger partial charge in [-0.25, -0.2) is 9.97 Å². The van der Waals surface area contributed by atoms with Crippen LogP contribution in [0.4, 0.5) is 23.5 Å². The Morgan fingerprint density at radius 1 is 0.500 bits per heavy atom. The Bertz CT molecular complexity index is 3000. The molecule has 0 bridgehead atoms. The summed E-state index contributed by atoms with van der Waals surface area (Å²) in [7, 11) is 3.40. The van der Waals surface area contributed by atoms with Gasteiger partial charge in [-0.3, -0.25) is 0 Å². The molecular formula is C58H76N10O8. The lowest BCUT2D eigenvalue weighted by atomic mass is 9.95. The first-order valence-corrected chi connectivity index (χ1v) is 27.0. The molecule has 18 heteroatoms. The number of aromatic nitrogens is 6. The average Bonchev–Trinajstić information content (AvgIpc) is 3.43. The zero-order chi connectivity index (χ0) is 53.1. The SMILES string of the molecule is COc1ccc(-c2ccc3c(N4CCOC[C@H]4C)nc(N4CCOC[C@H]4C)nc3n2)cc1COC(C)(C)CCOC(C)(C)Cc1cc(-c2ccc3c(N4CCOC[C@H]4C)nc(N4CCOC[C@H]4C)nc3n2)ccc1OC. The van der Waals surface area contributed by atoms with Gasteiger partial charge in [0.1, 0.15) is 23.1 Å². The summed E-state index contributed by atoms with van der Waals surface area (Å²) in [5.74, 6) is 4.65. The van der Waals surface area contributed by atoms with Gasteiger partial charge in [-0.15, -0.1) is 0 Å². The third-order valence-electron chi connectivity index (χ3n) is 15.2. The summed E-state index contributed by atoms with van der Waals surface area (Å²) in [4.78, 5) is 40.1. The molecule has 4 atom stereocenters. The van der Waals surface area contributed by atoms with E-state index in [2.05, 4.69) is 117 Å². The van der Waals surface area contributed by atoms with E-state index in [4.69, 9.17) is 67.8 Å². The van der Waals surface area contributed by atoms with Crippen molar-refractivity contribution in [1.29, 1.82) is 0 Å². The van der Waals surface area contributed by atoms with E-state index in [0.717, 1.165) is 87.2 Å². The molecule has 4 aliphatic heterocycles. The minimum absolute atomic E-state index is 0.139. The number of rotatable bonds is 17. The van der Waals surface area contributed by atoms with E-state index in [0.29, 0.717) is 109 Å². The molecule has 0 N–H and O–H groups in total. The van der Waals surface area contributed by atoms with E-state index < -0.39 is 11.2 Å². The van der Waals surface area contributed by atoms with Crippen molar-refractivity contribution in [3.05, 3.63) is 71.8 Å². The van der Waals surface area contributed by atoms with Crippen molar-refractivity contribution in [2.75, 3.05) is 119 Å². The van der Waals surface area contributed by atoms with Crippen LogP contribution in [0.15, 0.2) is 60.7 Å². The minimum Gasteiger partial charge on any atom is -0.496 e. The number of anilines is 4. The van der Waals surface area contributed by atoms with Gasteiger partial charge in [-0.1, -0.05) is 0 Å². The summed E-state index contributed by atoms with van der Waals surface area (Å²) in [6.07, 6.45) is 1.27. The Kier molecular flexibility index (Phi) is 16.1. The summed E-state index contributed by atoms with van der Waals surface area (Å²) in [5.41, 5.74) is 5.74. The van der Waals surface area contributed by atoms with Crippen LogP contribution in [0.2, 0.25) is 0 Å². The van der Waals surface area contributed by atoms with Crippen LogP contribution in [-0.2, 0) is 41.4 Å². The third kappa shape index (κ3) is 11.8.